The van der Waals surface area contributed by atoms with Crippen molar-refractivity contribution in [2.75, 3.05) is 25.5 Å². The summed E-state index contributed by atoms with van der Waals surface area (Å²) in [6.07, 6.45) is -0.692. The fourth-order valence-electron chi connectivity index (χ4n) is 5.40. The average molecular weight is 564 g/mol. The number of aryl methyl sites for hydroxylation is 1. The lowest BCUT2D eigenvalue weighted by Crippen LogP contribution is -2.50. The largest absolute Gasteiger partial charge is 0.478 e. The minimum atomic E-state index is -1.05. The van der Waals surface area contributed by atoms with Crippen LogP contribution in [0, 0.1) is 6.92 Å². The van der Waals surface area contributed by atoms with E-state index in [2.05, 4.69) is 22.8 Å². The van der Waals surface area contributed by atoms with Gasteiger partial charge in [-0.05, 0) is 65.6 Å². The van der Waals surface area contributed by atoms with Crippen LogP contribution in [0.5, 0.6) is 0 Å². The number of anilines is 1. The molecular formula is C34H33N3O5. The first-order valence-electron chi connectivity index (χ1n) is 13.8. The van der Waals surface area contributed by atoms with Crippen LogP contribution in [0.15, 0.2) is 97.1 Å². The van der Waals surface area contributed by atoms with Crippen LogP contribution in [0.3, 0.4) is 0 Å². The number of carbonyl (C=O) groups excluding carboxylic acids is 2. The molecule has 0 saturated heterocycles. The summed E-state index contributed by atoms with van der Waals surface area (Å²) in [5.74, 6) is -1.59. The molecule has 4 aromatic rings. The highest BCUT2D eigenvalue weighted by Crippen LogP contribution is 2.44. The van der Waals surface area contributed by atoms with Crippen molar-refractivity contribution in [3.05, 3.63) is 125 Å². The molecule has 0 saturated carbocycles. The molecule has 0 bridgehead atoms. The number of benzene rings is 4. The highest BCUT2D eigenvalue weighted by Gasteiger charge is 2.30. The van der Waals surface area contributed by atoms with Crippen molar-refractivity contribution in [3.63, 3.8) is 0 Å². The monoisotopic (exact) mass is 563 g/mol. The number of nitrogens with zero attached hydrogens (tertiary/aromatic N) is 1. The lowest BCUT2D eigenvalue weighted by molar-refractivity contribution is -0.118. The number of rotatable bonds is 10. The van der Waals surface area contributed by atoms with Crippen molar-refractivity contribution < 1.29 is 24.2 Å². The average Bonchev–Trinajstić information content (AvgIpc) is 3.30. The summed E-state index contributed by atoms with van der Waals surface area (Å²) in [7, 11) is 1.87. The van der Waals surface area contributed by atoms with E-state index in [-0.39, 0.29) is 24.6 Å². The lowest BCUT2D eigenvalue weighted by atomic mass is 9.98. The normalized spacial score (nSPS) is 12.7. The SMILES string of the molecule is Cc1cc(C(=O)O)ccc1NC(=O)C(CN(C)Cc1ccccc1)NC(=O)OCC1c2ccccc2-c2ccccc21. The van der Waals surface area contributed by atoms with Gasteiger partial charge in [0.05, 0.1) is 5.56 Å². The molecule has 8 heteroatoms. The summed E-state index contributed by atoms with van der Waals surface area (Å²) >= 11 is 0. The Kier molecular flexibility index (Phi) is 8.64. The van der Waals surface area contributed by atoms with Crippen LogP contribution in [0.4, 0.5) is 10.5 Å². The fraction of sp³-hybridized carbons (Fsp3) is 0.206. The van der Waals surface area contributed by atoms with E-state index in [9.17, 15) is 19.5 Å². The van der Waals surface area contributed by atoms with Gasteiger partial charge in [0.15, 0.2) is 0 Å². The van der Waals surface area contributed by atoms with Crippen molar-refractivity contribution in [3.8, 4) is 11.1 Å². The second kappa shape index (κ2) is 12.7. The minimum Gasteiger partial charge on any atom is -0.478 e. The molecule has 1 unspecified atom stereocenters. The van der Waals surface area contributed by atoms with Crippen molar-refractivity contribution in [2.45, 2.75) is 25.4 Å². The topological polar surface area (TPSA) is 108 Å². The van der Waals surface area contributed by atoms with E-state index in [0.717, 1.165) is 27.8 Å². The standard InChI is InChI=1S/C34H33N3O5/c1-22-18-24(33(39)40)16-17-30(22)35-32(38)31(20-37(2)19-23-10-4-3-5-11-23)36-34(41)42-21-29-27-14-8-6-12-25(27)26-13-7-9-15-28(26)29/h3-18,29,31H,19-21H2,1-2H3,(H,35,38)(H,36,41)(H,39,40). The number of amides is 2. The number of hydrogen-bond acceptors (Lipinski definition) is 5. The third-order valence-corrected chi connectivity index (χ3v) is 7.47. The van der Waals surface area contributed by atoms with Gasteiger partial charge in [0.2, 0.25) is 5.91 Å². The number of aromatic carboxylic acids is 1. The number of hydrogen-bond donors (Lipinski definition) is 3. The summed E-state index contributed by atoms with van der Waals surface area (Å²) in [5, 5.41) is 14.9. The molecule has 0 aliphatic heterocycles. The number of ether oxygens (including phenoxy) is 1. The second-order valence-corrected chi connectivity index (χ2v) is 10.5. The van der Waals surface area contributed by atoms with Gasteiger partial charge in [-0.15, -0.1) is 0 Å². The maximum Gasteiger partial charge on any atom is 0.407 e. The van der Waals surface area contributed by atoms with Crippen molar-refractivity contribution >= 4 is 23.7 Å². The Morgan fingerprint density at radius 1 is 0.881 bits per heavy atom. The van der Waals surface area contributed by atoms with Gasteiger partial charge in [-0.2, -0.15) is 0 Å². The molecule has 42 heavy (non-hydrogen) atoms. The second-order valence-electron chi connectivity index (χ2n) is 10.5. The number of carbonyl (C=O) groups is 3. The number of fused-ring (bicyclic) bond motifs is 3. The molecule has 0 heterocycles. The summed E-state index contributed by atoms with van der Waals surface area (Å²) in [4.78, 5) is 39.9. The molecular weight excluding hydrogens is 530 g/mol. The van der Waals surface area contributed by atoms with E-state index in [1.54, 1.807) is 13.0 Å². The van der Waals surface area contributed by atoms with Crippen LogP contribution >= 0.6 is 0 Å². The number of likely N-dealkylation sites (N-methyl/N-ethyl adjacent to an activating group) is 1. The van der Waals surface area contributed by atoms with E-state index in [4.69, 9.17) is 4.74 Å². The molecule has 2 amide bonds. The Bertz CT molecular complexity index is 1560. The first-order chi connectivity index (χ1) is 20.3. The van der Waals surface area contributed by atoms with Gasteiger partial charge >= 0.3 is 12.1 Å². The predicted octanol–water partition coefficient (Wildman–Crippen LogP) is 5.67. The highest BCUT2D eigenvalue weighted by molar-refractivity contribution is 5.98. The maximum absolute atomic E-state index is 13.5. The zero-order chi connectivity index (χ0) is 29.6. The molecule has 5 rings (SSSR count). The number of carboxylic acids is 1. The highest BCUT2D eigenvalue weighted by atomic mass is 16.5. The van der Waals surface area contributed by atoms with E-state index < -0.39 is 24.0 Å². The summed E-state index contributed by atoms with van der Waals surface area (Å²) in [6, 6.07) is 29.6. The Labute approximate surface area is 244 Å². The molecule has 0 radical (unpaired) electrons. The van der Waals surface area contributed by atoms with E-state index >= 15 is 0 Å². The van der Waals surface area contributed by atoms with Crippen LogP contribution in [-0.4, -0.2) is 54.2 Å². The third-order valence-electron chi connectivity index (χ3n) is 7.47. The van der Waals surface area contributed by atoms with Gasteiger partial charge in [0.25, 0.3) is 0 Å². The summed E-state index contributed by atoms with van der Waals surface area (Å²) in [6.45, 7) is 2.64. The quantitative estimate of drug-likeness (QED) is 0.229. The fourth-order valence-corrected chi connectivity index (χ4v) is 5.40. The van der Waals surface area contributed by atoms with Gasteiger partial charge in [0.1, 0.15) is 12.6 Å². The van der Waals surface area contributed by atoms with Crippen LogP contribution < -0.4 is 10.6 Å². The zero-order valence-corrected chi connectivity index (χ0v) is 23.5. The van der Waals surface area contributed by atoms with Crippen LogP contribution in [0.1, 0.15) is 38.5 Å². The van der Waals surface area contributed by atoms with Crippen molar-refractivity contribution in [2.24, 2.45) is 0 Å². The first-order valence-corrected chi connectivity index (χ1v) is 13.8. The zero-order valence-electron chi connectivity index (χ0n) is 23.5. The van der Waals surface area contributed by atoms with Crippen LogP contribution in [0.25, 0.3) is 11.1 Å². The van der Waals surface area contributed by atoms with Crippen LogP contribution in [-0.2, 0) is 16.1 Å². The molecule has 214 valence electrons. The molecule has 1 aliphatic carbocycles. The maximum atomic E-state index is 13.5. The molecule has 1 atom stereocenters. The molecule has 8 nitrogen and oxygen atoms in total. The smallest absolute Gasteiger partial charge is 0.407 e. The van der Waals surface area contributed by atoms with Gasteiger partial charge < -0.3 is 20.5 Å². The van der Waals surface area contributed by atoms with E-state index in [1.807, 2.05) is 78.7 Å². The Hall–Kier alpha value is -4.95. The van der Waals surface area contributed by atoms with Gasteiger partial charge in [-0.25, -0.2) is 9.59 Å². The Morgan fingerprint density at radius 3 is 2.12 bits per heavy atom. The molecule has 0 spiro atoms. The minimum absolute atomic E-state index is 0.105. The molecule has 4 aromatic carbocycles. The predicted molar refractivity (Wildman–Crippen MR) is 162 cm³/mol. The van der Waals surface area contributed by atoms with Crippen molar-refractivity contribution in [1.82, 2.24) is 10.2 Å². The van der Waals surface area contributed by atoms with E-state index in [0.29, 0.717) is 17.8 Å². The third kappa shape index (κ3) is 6.50. The summed E-state index contributed by atoms with van der Waals surface area (Å²) < 4.78 is 5.72. The Balaban J connectivity index is 1.29. The lowest BCUT2D eigenvalue weighted by Gasteiger charge is -2.25. The first kappa shape index (κ1) is 28.6. The molecule has 3 N–H and O–H groups in total. The number of carboxylic acid groups (broad SMARTS) is 1. The van der Waals surface area contributed by atoms with Crippen molar-refractivity contribution in [1.29, 1.82) is 0 Å². The van der Waals surface area contributed by atoms with Gasteiger partial charge in [0, 0.05) is 24.7 Å². The summed E-state index contributed by atoms with van der Waals surface area (Å²) in [5.41, 5.74) is 6.72. The molecule has 1 aliphatic rings. The van der Waals surface area contributed by atoms with E-state index in [1.165, 1.54) is 12.1 Å². The number of alkyl carbamates (subject to hydrolysis) is 1. The van der Waals surface area contributed by atoms with Crippen LogP contribution in [0.2, 0.25) is 0 Å². The van der Waals surface area contributed by atoms with Gasteiger partial charge in [-0.1, -0.05) is 78.9 Å². The van der Waals surface area contributed by atoms with Gasteiger partial charge in [-0.3, -0.25) is 9.69 Å². The number of nitrogens with one attached hydrogen (secondary N) is 2. The Morgan fingerprint density at radius 2 is 1.50 bits per heavy atom. The molecule has 0 fully saturated rings. The molecule has 0 aromatic heterocycles.